The van der Waals surface area contributed by atoms with Gasteiger partial charge in [0.2, 0.25) is 11.7 Å². The quantitative estimate of drug-likeness (QED) is 0.194. The number of amides is 1. The Morgan fingerprint density at radius 1 is 1.08 bits per heavy atom. The van der Waals surface area contributed by atoms with E-state index in [2.05, 4.69) is 49.1 Å². The lowest BCUT2D eigenvalue weighted by Gasteiger charge is -2.42. The van der Waals surface area contributed by atoms with E-state index in [0.717, 1.165) is 78.9 Å². The maximum Gasteiger partial charge on any atom is 0.318 e. The van der Waals surface area contributed by atoms with Crippen molar-refractivity contribution in [1.82, 2.24) is 29.9 Å². The number of ether oxygens (including phenoxy) is 1. The number of nitrogens with zero attached hydrogens (tertiary/aromatic N) is 9. The molecule has 2 aromatic carbocycles. The molecule has 1 atom stereocenters. The molecule has 0 unspecified atom stereocenters. The van der Waals surface area contributed by atoms with E-state index in [9.17, 15) is 18.8 Å². The van der Waals surface area contributed by atoms with Gasteiger partial charge in [0, 0.05) is 55.0 Å². The molecule has 0 radical (unpaired) electrons. The monoisotopic (exact) mass is 729 g/mol. The second kappa shape index (κ2) is 14.3. The Hall–Kier alpha value is -4.87. The van der Waals surface area contributed by atoms with Crippen molar-refractivity contribution in [2.24, 2.45) is 0 Å². The van der Waals surface area contributed by atoms with Crippen molar-refractivity contribution in [3.63, 3.8) is 0 Å². The number of aromatic nitrogens is 4. The van der Waals surface area contributed by atoms with Crippen LogP contribution in [0.2, 0.25) is 5.02 Å². The highest BCUT2D eigenvalue weighted by atomic mass is 35.5. The van der Waals surface area contributed by atoms with Crippen LogP contribution in [0.1, 0.15) is 61.5 Å². The summed E-state index contributed by atoms with van der Waals surface area (Å²) in [6.45, 7) is 5.11. The predicted octanol–water partition coefficient (Wildman–Crippen LogP) is 5.82. The highest BCUT2D eigenvalue weighted by Gasteiger charge is 2.45. The predicted molar refractivity (Wildman–Crippen MR) is 190 cm³/mol. The molecule has 2 aromatic heterocycles. The molecule has 12 nitrogen and oxygen atoms in total. The molecule has 8 rings (SSSR count). The molecule has 270 valence electrons. The molecule has 3 fully saturated rings. The molecule has 0 N–H and O–H groups in total. The van der Waals surface area contributed by atoms with E-state index in [1.165, 1.54) is 12.2 Å². The topological polar surface area (TPSA) is 128 Å². The van der Waals surface area contributed by atoms with Gasteiger partial charge in [0.25, 0.3) is 5.89 Å². The highest BCUT2D eigenvalue weighted by Crippen LogP contribution is 2.40. The molecule has 0 saturated carbocycles. The molecule has 4 aliphatic rings. The van der Waals surface area contributed by atoms with Crippen LogP contribution >= 0.6 is 11.6 Å². The van der Waals surface area contributed by atoms with E-state index in [0.29, 0.717) is 50.2 Å². The summed E-state index contributed by atoms with van der Waals surface area (Å²) in [5.41, 5.74) is 2.97. The van der Waals surface area contributed by atoms with Gasteiger partial charge in [-0.2, -0.15) is 20.2 Å². The van der Waals surface area contributed by atoms with Gasteiger partial charge in [-0.15, -0.1) is 0 Å². The van der Waals surface area contributed by atoms with Gasteiger partial charge in [-0.05, 0) is 62.7 Å². The van der Waals surface area contributed by atoms with Crippen LogP contribution in [0, 0.1) is 11.3 Å². The molecular formula is C37H38ClF2N9O3. The van der Waals surface area contributed by atoms with Crippen molar-refractivity contribution in [2.75, 3.05) is 55.7 Å². The normalized spacial score (nSPS) is 20.1. The summed E-state index contributed by atoms with van der Waals surface area (Å²) in [6, 6.07) is 14.3. The summed E-state index contributed by atoms with van der Waals surface area (Å²) in [4.78, 5) is 35.6. The Balaban J connectivity index is 1.08. The first kappa shape index (κ1) is 34.2. The maximum atomic E-state index is 13.3. The number of benzene rings is 2. The molecule has 15 heteroatoms. The molecule has 0 spiro atoms. The van der Waals surface area contributed by atoms with E-state index in [4.69, 9.17) is 30.8 Å². The third-order valence-corrected chi connectivity index (χ3v) is 11.2. The lowest BCUT2D eigenvalue weighted by molar-refractivity contribution is -0.128. The van der Waals surface area contributed by atoms with Gasteiger partial charge >= 0.3 is 12.4 Å². The van der Waals surface area contributed by atoms with Crippen LogP contribution in [0.4, 0.5) is 20.3 Å². The first-order valence-electron chi connectivity index (χ1n) is 17.7. The van der Waals surface area contributed by atoms with Crippen molar-refractivity contribution in [1.29, 1.82) is 5.26 Å². The number of alkyl halides is 2. The number of piperazine rings is 1. The van der Waals surface area contributed by atoms with Crippen LogP contribution in [0.5, 0.6) is 6.01 Å². The molecule has 4 aromatic rings. The third-order valence-electron chi connectivity index (χ3n) is 10.9. The van der Waals surface area contributed by atoms with Gasteiger partial charge in [0.1, 0.15) is 12.4 Å². The number of nitriles is 1. The first-order chi connectivity index (χ1) is 25.3. The number of anilines is 2. The summed E-state index contributed by atoms with van der Waals surface area (Å²) >= 11 is 6.74. The van der Waals surface area contributed by atoms with Crippen LogP contribution in [0.3, 0.4) is 0 Å². The average Bonchev–Trinajstić information content (AvgIpc) is 3.89. The molecule has 0 bridgehead atoms. The van der Waals surface area contributed by atoms with Crippen LogP contribution in [0.15, 0.2) is 47.0 Å². The van der Waals surface area contributed by atoms with Crippen LogP contribution in [0.25, 0.3) is 16.8 Å². The molecule has 1 amide bonds. The molecule has 6 heterocycles. The van der Waals surface area contributed by atoms with E-state index >= 15 is 0 Å². The zero-order valence-corrected chi connectivity index (χ0v) is 29.3. The number of hydrogen-bond donors (Lipinski definition) is 0. The van der Waals surface area contributed by atoms with Gasteiger partial charge in [0.15, 0.2) is 0 Å². The van der Waals surface area contributed by atoms with Gasteiger partial charge in [-0.3, -0.25) is 9.69 Å². The number of carbonyl (C=O) groups excluding carboxylic acids is 1. The number of carbonyl (C=O) groups is 1. The zero-order chi connectivity index (χ0) is 35.8. The Bertz CT molecular complexity index is 2040. The second-order valence-corrected chi connectivity index (χ2v) is 14.3. The Labute approximate surface area is 304 Å². The maximum absolute atomic E-state index is 13.3. The fourth-order valence-electron chi connectivity index (χ4n) is 8.38. The smallest absolute Gasteiger partial charge is 0.318 e. The summed E-state index contributed by atoms with van der Waals surface area (Å²) in [6.07, 6.45) is 4.83. The van der Waals surface area contributed by atoms with Crippen molar-refractivity contribution >= 4 is 45.9 Å². The van der Waals surface area contributed by atoms with E-state index < -0.39 is 18.3 Å². The van der Waals surface area contributed by atoms with Gasteiger partial charge in [-0.1, -0.05) is 41.0 Å². The second-order valence-electron chi connectivity index (χ2n) is 13.9. The third kappa shape index (κ3) is 6.52. The summed E-state index contributed by atoms with van der Waals surface area (Å²) < 4.78 is 37.1. The summed E-state index contributed by atoms with van der Waals surface area (Å²) in [7, 11) is 0. The van der Waals surface area contributed by atoms with Crippen LogP contribution < -0.4 is 14.5 Å². The molecule has 3 saturated heterocycles. The largest absolute Gasteiger partial charge is 0.461 e. The van der Waals surface area contributed by atoms with Crippen molar-refractivity contribution in [3.05, 3.63) is 70.5 Å². The van der Waals surface area contributed by atoms with Gasteiger partial charge in [0.05, 0.1) is 41.3 Å². The number of halogens is 3. The molecule has 0 aliphatic carbocycles. The van der Waals surface area contributed by atoms with Crippen LogP contribution in [-0.4, -0.2) is 93.3 Å². The van der Waals surface area contributed by atoms with Gasteiger partial charge < -0.3 is 24.0 Å². The summed E-state index contributed by atoms with van der Waals surface area (Å²) in [5, 5.41) is 15.8. The Kier molecular flexibility index (Phi) is 9.40. The Morgan fingerprint density at radius 2 is 1.88 bits per heavy atom. The fraction of sp³-hybridized carbons (Fsp3) is 0.459. The van der Waals surface area contributed by atoms with E-state index in [1.807, 2.05) is 18.2 Å². The van der Waals surface area contributed by atoms with E-state index in [1.54, 1.807) is 4.90 Å². The van der Waals surface area contributed by atoms with E-state index in [-0.39, 0.29) is 23.8 Å². The molecule has 4 aliphatic heterocycles. The lowest BCUT2D eigenvalue weighted by Crippen LogP contribution is -2.55. The molecular weight excluding hydrogens is 692 g/mol. The minimum absolute atomic E-state index is 0.0187. The minimum atomic E-state index is -2.88. The van der Waals surface area contributed by atoms with Crippen molar-refractivity contribution in [3.8, 4) is 12.1 Å². The Morgan fingerprint density at radius 3 is 2.65 bits per heavy atom. The highest BCUT2D eigenvalue weighted by molar-refractivity contribution is 6.36. The van der Waals surface area contributed by atoms with Crippen molar-refractivity contribution < 1.29 is 22.8 Å². The number of rotatable bonds is 9. The fourth-order valence-corrected chi connectivity index (χ4v) is 8.66. The lowest BCUT2D eigenvalue weighted by atomic mass is 9.95. The SMILES string of the molecule is N#CC[C@H]1CN(c2nc(OCC34CCCN3CCC4)nc3c2CCN(c2cccc4cccc(Cl)c24)C3)CCN1C(=O)/C=C/c1nc(C(F)F)no1. The zero-order valence-electron chi connectivity index (χ0n) is 28.6. The summed E-state index contributed by atoms with van der Waals surface area (Å²) in [5.74, 6) is -0.561. The minimum Gasteiger partial charge on any atom is -0.461 e. The van der Waals surface area contributed by atoms with Crippen LogP contribution in [-0.2, 0) is 17.8 Å². The van der Waals surface area contributed by atoms with Gasteiger partial charge in [-0.25, -0.2) is 8.78 Å². The molecule has 52 heavy (non-hydrogen) atoms. The average molecular weight is 730 g/mol. The van der Waals surface area contributed by atoms with Crippen molar-refractivity contribution in [2.45, 2.75) is 63.1 Å². The number of fused-ring (bicyclic) bond motifs is 3. The number of hydrogen-bond acceptors (Lipinski definition) is 11. The standard InChI is InChI=1S/C37H38ClF2N9O3/c38-27-7-1-5-24-6-2-8-29(32(24)27)46-18-12-26-28(22-46)42-36(51-23-37-13-3-16-48(37)17-4-14-37)44-35(26)47-19-20-49(25(21-47)11-15-41)31(50)10-9-30-43-34(33(39)40)45-52-30/h1-2,5-10,25,33H,3-4,11-14,16-23H2/b10-9+/t25-/m0/s1. The first-order valence-corrected chi connectivity index (χ1v) is 18.1.